The Bertz CT molecular complexity index is 533. The van der Waals surface area contributed by atoms with Gasteiger partial charge in [0.25, 0.3) is 5.91 Å². The van der Waals surface area contributed by atoms with E-state index in [2.05, 4.69) is 16.0 Å². The molecule has 6 heteroatoms. The highest BCUT2D eigenvalue weighted by molar-refractivity contribution is 5.98. The molecule has 0 radical (unpaired) electrons. The SMILES string of the molecule is CCCNC(=O)c1cccc(NC(=O)[C@H]2NCCO[C@@H]2C)c1. The Morgan fingerprint density at radius 1 is 1.41 bits per heavy atom. The predicted molar refractivity (Wildman–Crippen MR) is 84.9 cm³/mol. The lowest BCUT2D eigenvalue weighted by molar-refractivity contribution is -0.123. The van der Waals surface area contributed by atoms with Crippen LogP contribution in [0.3, 0.4) is 0 Å². The number of amides is 2. The number of carbonyl (C=O) groups excluding carboxylic acids is 2. The summed E-state index contributed by atoms with van der Waals surface area (Å²) in [5.41, 5.74) is 1.14. The normalized spacial score (nSPS) is 21.2. The molecule has 22 heavy (non-hydrogen) atoms. The van der Waals surface area contributed by atoms with E-state index in [1.165, 1.54) is 0 Å². The van der Waals surface area contributed by atoms with Crippen molar-refractivity contribution in [2.75, 3.05) is 25.0 Å². The lowest BCUT2D eigenvalue weighted by Gasteiger charge is -2.29. The summed E-state index contributed by atoms with van der Waals surface area (Å²) in [6.45, 7) is 5.76. The molecule has 2 rings (SSSR count). The summed E-state index contributed by atoms with van der Waals surface area (Å²) in [4.78, 5) is 24.2. The molecule has 3 N–H and O–H groups in total. The van der Waals surface area contributed by atoms with Crippen LogP contribution >= 0.6 is 0 Å². The van der Waals surface area contributed by atoms with Gasteiger partial charge in [-0.1, -0.05) is 13.0 Å². The number of carbonyl (C=O) groups is 2. The molecule has 1 saturated heterocycles. The molecule has 1 aromatic rings. The van der Waals surface area contributed by atoms with Crippen molar-refractivity contribution < 1.29 is 14.3 Å². The average Bonchev–Trinajstić information content (AvgIpc) is 2.53. The number of rotatable bonds is 5. The van der Waals surface area contributed by atoms with Crippen LogP contribution < -0.4 is 16.0 Å². The van der Waals surface area contributed by atoms with E-state index >= 15 is 0 Å². The number of hydrogen-bond acceptors (Lipinski definition) is 4. The zero-order valence-electron chi connectivity index (χ0n) is 13.0. The van der Waals surface area contributed by atoms with Crippen LogP contribution in [0.15, 0.2) is 24.3 Å². The van der Waals surface area contributed by atoms with Gasteiger partial charge in [-0.05, 0) is 31.5 Å². The van der Waals surface area contributed by atoms with Crippen molar-refractivity contribution in [3.8, 4) is 0 Å². The molecular weight excluding hydrogens is 282 g/mol. The molecule has 2 amide bonds. The quantitative estimate of drug-likeness (QED) is 0.762. The first-order valence-electron chi connectivity index (χ1n) is 7.66. The van der Waals surface area contributed by atoms with Crippen LogP contribution in [0.4, 0.5) is 5.69 Å². The van der Waals surface area contributed by atoms with E-state index in [-0.39, 0.29) is 24.0 Å². The monoisotopic (exact) mass is 305 g/mol. The third kappa shape index (κ3) is 4.29. The van der Waals surface area contributed by atoms with Crippen LogP contribution in [-0.2, 0) is 9.53 Å². The Hall–Kier alpha value is -1.92. The minimum absolute atomic E-state index is 0.134. The van der Waals surface area contributed by atoms with Crippen LogP contribution in [0.25, 0.3) is 0 Å². The molecular formula is C16H23N3O3. The van der Waals surface area contributed by atoms with Gasteiger partial charge in [0.05, 0.1) is 12.7 Å². The summed E-state index contributed by atoms with van der Waals surface area (Å²) < 4.78 is 5.47. The molecule has 1 aliphatic heterocycles. The van der Waals surface area contributed by atoms with Crippen LogP contribution in [0.2, 0.25) is 0 Å². The summed E-state index contributed by atoms with van der Waals surface area (Å²) in [5.74, 6) is -0.288. The minimum atomic E-state index is -0.383. The summed E-state index contributed by atoms with van der Waals surface area (Å²) >= 11 is 0. The van der Waals surface area contributed by atoms with Gasteiger partial charge in [0, 0.05) is 24.3 Å². The van der Waals surface area contributed by atoms with Crippen molar-refractivity contribution in [3.63, 3.8) is 0 Å². The molecule has 0 aliphatic carbocycles. The molecule has 0 aromatic heterocycles. The second kappa shape index (κ2) is 7.91. The standard InChI is InChI=1S/C16H23N3O3/c1-3-7-18-15(20)12-5-4-6-13(10-12)19-16(21)14-11(2)22-9-8-17-14/h4-6,10-11,14,17H,3,7-9H2,1-2H3,(H,18,20)(H,19,21)/t11-,14+/m1/s1. The Labute approximate surface area is 130 Å². The van der Waals surface area contributed by atoms with Gasteiger partial charge >= 0.3 is 0 Å². The molecule has 1 aromatic carbocycles. The van der Waals surface area contributed by atoms with Gasteiger partial charge in [0.1, 0.15) is 6.04 Å². The Kier molecular flexibility index (Phi) is 5.91. The first kappa shape index (κ1) is 16.5. The lowest BCUT2D eigenvalue weighted by Crippen LogP contribution is -2.53. The van der Waals surface area contributed by atoms with Gasteiger partial charge in [0.15, 0.2) is 0 Å². The van der Waals surface area contributed by atoms with E-state index in [0.717, 1.165) is 6.42 Å². The zero-order valence-corrected chi connectivity index (χ0v) is 13.0. The zero-order chi connectivity index (χ0) is 15.9. The van der Waals surface area contributed by atoms with Crippen LogP contribution in [-0.4, -0.2) is 43.7 Å². The predicted octanol–water partition coefficient (Wildman–Crippen LogP) is 1.14. The highest BCUT2D eigenvalue weighted by Gasteiger charge is 2.28. The first-order chi connectivity index (χ1) is 10.6. The van der Waals surface area contributed by atoms with E-state index in [0.29, 0.717) is 30.9 Å². The van der Waals surface area contributed by atoms with Gasteiger partial charge in [-0.2, -0.15) is 0 Å². The molecule has 6 nitrogen and oxygen atoms in total. The van der Waals surface area contributed by atoms with Crippen molar-refractivity contribution in [1.29, 1.82) is 0 Å². The summed E-state index contributed by atoms with van der Waals surface area (Å²) in [6, 6.07) is 6.54. The summed E-state index contributed by atoms with van der Waals surface area (Å²) in [6.07, 6.45) is 0.706. The number of nitrogens with one attached hydrogen (secondary N) is 3. The number of ether oxygens (including phenoxy) is 1. The van der Waals surface area contributed by atoms with Gasteiger partial charge in [0.2, 0.25) is 5.91 Å². The van der Waals surface area contributed by atoms with Crippen LogP contribution in [0.1, 0.15) is 30.6 Å². The van der Waals surface area contributed by atoms with Gasteiger partial charge in [-0.25, -0.2) is 0 Å². The van der Waals surface area contributed by atoms with E-state index in [4.69, 9.17) is 4.74 Å². The van der Waals surface area contributed by atoms with Crippen LogP contribution in [0.5, 0.6) is 0 Å². The Morgan fingerprint density at radius 3 is 2.95 bits per heavy atom. The Balaban J connectivity index is 2.00. The molecule has 0 saturated carbocycles. The van der Waals surface area contributed by atoms with Crippen molar-refractivity contribution in [2.24, 2.45) is 0 Å². The smallest absolute Gasteiger partial charge is 0.251 e. The maximum atomic E-state index is 12.3. The average molecular weight is 305 g/mol. The fraction of sp³-hybridized carbons (Fsp3) is 0.500. The fourth-order valence-electron chi connectivity index (χ4n) is 2.33. The van der Waals surface area contributed by atoms with Gasteiger partial charge in [-0.3, -0.25) is 9.59 Å². The number of morpholine rings is 1. The number of hydrogen-bond donors (Lipinski definition) is 3. The van der Waals surface area contributed by atoms with E-state index < -0.39 is 0 Å². The Morgan fingerprint density at radius 2 is 2.23 bits per heavy atom. The first-order valence-corrected chi connectivity index (χ1v) is 7.66. The molecule has 2 atom stereocenters. The fourth-order valence-corrected chi connectivity index (χ4v) is 2.33. The van der Waals surface area contributed by atoms with Crippen molar-refractivity contribution in [3.05, 3.63) is 29.8 Å². The minimum Gasteiger partial charge on any atom is -0.375 e. The summed E-state index contributed by atoms with van der Waals surface area (Å²) in [5, 5.41) is 8.79. The molecule has 0 bridgehead atoms. The highest BCUT2D eigenvalue weighted by Crippen LogP contribution is 2.13. The van der Waals surface area contributed by atoms with Crippen molar-refractivity contribution in [2.45, 2.75) is 32.4 Å². The maximum Gasteiger partial charge on any atom is 0.251 e. The largest absolute Gasteiger partial charge is 0.375 e. The van der Waals surface area contributed by atoms with Crippen molar-refractivity contribution >= 4 is 17.5 Å². The van der Waals surface area contributed by atoms with Gasteiger partial charge < -0.3 is 20.7 Å². The maximum absolute atomic E-state index is 12.3. The number of benzene rings is 1. The topological polar surface area (TPSA) is 79.5 Å². The molecule has 1 aliphatic rings. The van der Waals surface area contributed by atoms with E-state index in [9.17, 15) is 9.59 Å². The molecule has 120 valence electrons. The number of anilines is 1. The van der Waals surface area contributed by atoms with Crippen molar-refractivity contribution in [1.82, 2.24) is 10.6 Å². The highest BCUT2D eigenvalue weighted by atomic mass is 16.5. The molecule has 0 unspecified atom stereocenters. The lowest BCUT2D eigenvalue weighted by atomic mass is 10.1. The molecule has 1 fully saturated rings. The second-order valence-electron chi connectivity index (χ2n) is 5.33. The van der Waals surface area contributed by atoms with Crippen LogP contribution in [0, 0.1) is 0 Å². The molecule has 0 spiro atoms. The van der Waals surface area contributed by atoms with E-state index in [1.54, 1.807) is 24.3 Å². The molecule has 1 heterocycles. The third-order valence-electron chi connectivity index (χ3n) is 3.53. The van der Waals surface area contributed by atoms with E-state index in [1.807, 2.05) is 13.8 Å². The third-order valence-corrected chi connectivity index (χ3v) is 3.53. The summed E-state index contributed by atoms with van der Waals surface area (Å²) in [7, 11) is 0. The second-order valence-corrected chi connectivity index (χ2v) is 5.33. The van der Waals surface area contributed by atoms with Gasteiger partial charge in [-0.15, -0.1) is 0 Å².